The maximum Gasteiger partial charge on any atom is 0.167 e. The summed E-state index contributed by atoms with van der Waals surface area (Å²) in [6.45, 7) is 7.23. The second kappa shape index (κ2) is 7.53. The Bertz CT molecular complexity index is 94.5. The van der Waals surface area contributed by atoms with E-state index < -0.39 is 6.29 Å². The first-order valence-corrected chi connectivity index (χ1v) is 4.77. The number of hydrogen-bond acceptors (Lipinski definition) is 3. The molecule has 0 aliphatic rings. The third kappa shape index (κ3) is 5.52. The summed E-state index contributed by atoms with van der Waals surface area (Å²) in [5.41, 5.74) is 0. The van der Waals surface area contributed by atoms with Gasteiger partial charge >= 0.3 is 0 Å². The molecule has 1 atom stereocenters. The van der Waals surface area contributed by atoms with E-state index in [1.165, 1.54) is 0 Å². The molecule has 0 amide bonds. The highest BCUT2D eigenvalue weighted by Crippen LogP contribution is 1.96. The highest BCUT2D eigenvalue weighted by molar-refractivity contribution is 4.62. The van der Waals surface area contributed by atoms with Crippen LogP contribution in [0.5, 0.6) is 0 Å². The molecule has 0 aliphatic carbocycles. The van der Waals surface area contributed by atoms with Crippen LogP contribution >= 0.6 is 0 Å². The van der Waals surface area contributed by atoms with Gasteiger partial charge in [-0.25, -0.2) is 0 Å². The van der Waals surface area contributed by atoms with Gasteiger partial charge in [0.15, 0.2) is 6.29 Å². The van der Waals surface area contributed by atoms with Crippen molar-refractivity contribution in [2.75, 3.05) is 13.2 Å². The molecule has 0 fully saturated rings. The van der Waals surface area contributed by atoms with E-state index in [1.807, 2.05) is 6.92 Å². The molecule has 0 radical (unpaired) electrons. The normalized spacial score (nSPS) is 13.8. The fourth-order valence-electron chi connectivity index (χ4n) is 1.10. The lowest BCUT2D eigenvalue weighted by Crippen LogP contribution is -2.36. The molecule has 0 aromatic heterocycles. The lowest BCUT2D eigenvalue weighted by Gasteiger charge is -2.17. The summed E-state index contributed by atoms with van der Waals surface area (Å²) < 4.78 is 4.97. The molecule has 0 saturated heterocycles. The third-order valence-electron chi connectivity index (χ3n) is 1.93. The Labute approximate surface area is 75.1 Å². The van der Waals surface area contributed by atoms with Crippen molar-refractivity contribution in [3.8, 4) is 0 Å². The van der Waals surface area contributed by atoms with Crippen LogP contribution in [-0.2, 0) is 4.74 Å². The zero-order valence-electron chi connectivity index (χ0n) is 8.34. The van der Waals surface area contributed by atoms with Gasteiger partial charge in [0.2, 0.25) is 0 Å². The minimum atomic E-state index is -0.657. The summed E-state index contributed by atoms with van der Waals surface area (Å²) in [7, 11) is 0. The van der Waals surface area contributed by atoms with Crippen molar-refractivity contribution >= 4 is 0 Å². The Morgan fingerprint density at radius 1 is 1.25 bits per heavy atom. The molecule has 0 aliphatic heterocycles. The number of nitrogens with one attached hydrogen (secondary N) is 1. The van der Waals surface area contributed by atoms with Crippen molar-refractivity contribution in [3.05, 3.63) is 0 Å². The van der Waals surface area contributed by atoms with Crippen molar-refractivity contribution in [2.24, 2.45) is 0 Å². The van der Waals surface area contributed by atoms with E-state index in [-0.39, 0.29) is 0 Å². The van der Waals surface area contributed by atoms with E-state index in [9.17, 15) is 5.11 Å². The van der Waals surface area contributed by atoms with Crippen molar-refractivity contribution < 1.29 is 9.84 Å². The molecule has 1 unspecified atom stereocenters. The van der Waals surface area contributed by atoms with Gasteiger partial charge in [-0.15, -0.1) is 0 Å². The van der Waals surface area contributed by atoms with Gasteiger partial charge in [-0.3, -0.25) is 0 Å². The molecule has 0 spiro atoms. The minimum absolute atomic E-state index is 0.500. The lowest BCUT2D eigenvalue weighted by atomic mass is 10.2. The van der Waals surface area contributed by atoms with Gasteiger partial charge in [0, 0.05) is 19.2 Å². The number of aliphatic hydroxyl groups is 1. The monoisotopic (exact) mass is 175 g/mol. The molecule has 74 valence electrons. The fourth-order valence-corrected chi connectivity index (χ4v) is 1.10. The number of hydrogen-bond donors (Lipinski definition) is 2. The Balaban J connectivity index is 3.37. The predicted octanol–water partition coefficient (Wildman–Crippen LogP) is 1.12. The SMILES string of the molecule is CCOC(O)CNC(CC)CC. The Hall–Kier alpha value is -0.120. The summed E-state index contributed by atoms with van der Waals surface area (Å²) in [5.74, 6) is 0. The molecule has 12 heavy (non-hydrogen) atoms. The van der Waals surface area contributed by atoms with Crippen LogP contribution < -0.4 is 5.32 Å². The number of rotatable bonds is 7. The summed E-state index contributed by atoms with van der Waals surface area (Å²) in [6, 6.07) is 0.500. The standard InChI is InChI=1S/C9H21NO2/c1-4-8(5-2)10-7-9(11)12-6-3/h8-11H,4-7H2,1-3H3. The molecule has 0 heterocycles. The average Bonchev–Trinajstić information content (AvgIpc) is 2.07. The van der Waals surface area contributed by atoms with Gasteiger partial charge < -0.3 is 15.2 Å². The van der Waals surface area contributed by atoms with Gasteiger partial charge in [0.25, 0.3) is 0 Å². The Morgan fingerprint density at radius 2 is 1.83 bits per heavy atom. The van der Waals surface area contributed by atoms with E-state index in [0.717, 1.165) is 12.8 Å². The lowest BCUT2D eigenvalue weighted by molar-refractivity contribution is -0.0925. The van der Waals surface area contributed by atoms with Crippen molar-refractivity contribution in [3.63, 3.8) is 0 Å². The minimum Gasteiger partial charge on any atom is -0.367 e. The molecule has 0 aromatic carbocycles. The van der Waals surface area contributed by atoms with E-state index in [1.54, 1.807) is 0 Å². The summed E-state index contributed by atoms with van der Waals surface area (Å²) in [4.78, 5) is 0. The fraction of sp³-hybridized carbons (Fsp3) is 1.00. The first-order chi connectivity index (χ1) is 5.74. The third-order valence-corrected chi connectivity index (χ3v) is 1.93. The predicted molar refractivity (Wildman–Crippen MR) is 50.0 cm³/mol. The molecule has 2 N–H and O–H groups in total. The quantitative estimate of drug-likeness (QED) is 0.570. The Kier molecular flexibility index (Phi) is 7.45. The summed E-state index contributed by atoms with van der Waals surface area (Å²) in [6.07, 6.45) is 1.53. The van der Waals surface area contributed by atoms with Crippen LogP contribution in [0.25, 0.3) is 0 Å². The molecule has 0 bridgehead atoms. The molecule has 0 aromatic rings. The molecular formula is C9H21NO2. The van der Waals surface area contributed by atoms with Crippen LogP contribution in [0.2, 0.25) is 0 Å². The van der Waals surface area contributed by atoms with Gasteiger partial charge in [-0.1, -0.05) is 13.8 Å². The maximum atomic E-state index is 9.20. The van der Waals surface area contributed by atoms with Gasteiger partial charge in [-0.2, -0.15) is 0 Å². The van der Waals surface area contributed by atoms with E-state index >= 15 is 0 Å². The van der Waals surface area contributed by atoms with Gasteiger partial charge in [0.05, 0.1) is 0 Å². The van der Waals surface area contributed by atoms with Crippen LogP contribution in [0.15, 0.2) is 0 Å². The highest BCUT2D eigenvalue weighted by Gasteiger charge is 2.06. The molecule has 0 saturated carbocycles. The van der Waals surface area contributed by atoms with Crippen molar-refractivity contribution in [1.82, 2.24) is 5.32 Å². The molecule has 3 heteroatoms. The van der Waals surface area contributed by atoms with E-state index in [2.05, 4.69) is 19.2 Å². The second-order valence-corrected chi connectivity index (χ2v) is 2.83. The van der Waals surface area contributed by atoms with Gasteiger partial charge in [0.1, 0.15) is 0 Å². The summed E-state index contributed by atoms with van der Waals surface area (Å²) in [5, 5.41) is 12.4. The smallest absolute Gasteiger partial charge is 0.167 e. The topological polar surface area (TPSA) is 41.5 Å². The first kappa shape index (κ1) is 11.9. The average molecular weight is 175 g/mol. The zero-order chi connectivity index (χ0) is 9.40. The molecular weight excluding hydrogens is 154 g/mol. The van der Waals surface area contributed by atoms with Crippen molar-refractivity contribution in [1.29, 1.82) is 0 Å². The molecule has 0 rings (SSSR count). The number of aliphatic hydroxyl groups excluding tert-OH is 1. The largest absolute Gasteiger partial charge is 0.367 e. The second-order valence-electron chi connectivity index (χ2n) is 2.83. The van der Waals surface area contributed by atoms with Crippen LogP contribution in [0.1, 0.15) is 33.6 Å². The van der Waals surface area contributed by atoms with Crippen LogP contribution in [0.3, 0.4) is 0 Å². The van der Waals surface area contributed by atoms with Crippen LogP contribution in [-0.4, -0.2) is 30.6 Å². The van der Waals surface area contributed by atoms with Gasteiger partial charge in [-0.05, 0) is 19.8 Å². The first-order valence-electron chi connectivity index (χ1n) is 4.77. The summed E-state index contributed by atoms with van der Waals surface area (Å²) >= 11 is 0. The zero-order valence-corrected chi connectivity index (χ0v) is 8.34. The van der Waals surface area contributed by atoms with Crippen LogP contribution in [0.4, 0.5) is 0 Å². The molecule has 3 nitrogen and oxygen atoms in total. The highest BCUT2D eigenvalue weighted by atomic mass is 16.6. The van der Waals surface area contributed by atoms with Crippen molar-refractivity contribution in [2.45, 2.75) is 45.9 Å². The van der Waals surface area contributed by atoms with Crippen LogP contribution in [0, 0.1) is 0 Å². The maximum absolute atomic E-state index is 9.20. The number of ether oxygens (including phenoxy) is 1. The van der Waals surface area contributed by atoms with E-state index in [0.29, 0.717) is 19.2 Å². The van der Waals surface area contributed by atoms with E-state index in [4.69, 9.17) is 4.74 Å². The Morgan fingerprint density at radius 3 is 2.25 bits per heavy atom.